The van der Waals surface area contributed by atoms with Crippen molar-refractivity contribution in [3.05, 3.63) is 58.9 Å². The molecule has 5 nitrogen and oxygen atoms in total. The molecule has 0 aliphatic rings. The van der Waals surface area contributed by atoms with Gasteiger partial charge in [-0.25, -0.2) is 9.18 Å². The maximum atomic E-state index is 13.7. The predicted octanol–water partition coefficient (Wildman–Crippen LogP) is 5.63. The first-order chi connectivity index (χ1) is 14.0. The van der Waals surface area contributed by atoms with Crippen LogP contribution in [-0.2, 0) is 14.3 Å². The Kier molecular flexibility index (Phi) is 7.59. The highest BCUT2D eigenvalue weighted by molar-refractivity contribution is 5.75. The van der Waals surface area contributed by atoms with Crippen molar-refractivity contribution in [3.8, 4) is 11.1 Å². The number of carbonyl (C=O) groups excluding carboxylic acids is 2. The molecular weight excluding hydrogens is 385 g/mol. The summed E-state index contributed by atoms with van der Waals surface area (Å²) in [5, 5.41) is 2.77. The van der Waals surface area contributed by atoms with Gasteiger partial charge < -0.3 is 14.8 Å². The van der Waals surface area contributed by atoms with Gasteiger partial charge in [0.25, 0.3) is 0 Å². The molecular formula is C24H30FNO4. The van der Waals surface area contributed by atoms with Gasteiger partial charge >= 0.3 is 12.1 Å². The SMILES string of the molecule is CCOC(=O)C[C@H](NC(=O)OC(C)(C)C)c1cccc(-c2c(C)cc(F)cc2C)c1. The van der Waals surface area contributed by atoms with E-state index in [0.29, 0.717) is 0 Å². The van der Waals surface area contributed by atoms with Gasteiger partial charge in [0.05, 0.1) is 19.1 Å². The summed E-state index contributed by atoms with van der Waals surface area (Å²) in [4.78, 5) is 24.5. The maximum absolute atomic E-state index is 13.7. The monoisotopic (exact) mass is 415 g/mol. The Morgan fingerprint density at radius 1 is 1.10 bits per heavy atom. The number of benzene rings is 2. The number of hydrogen-bond acceptors (Lipinski definition) is 4. The number of carbonyl (C=O) groups is 2. The summed E-state index contributed by atoms with van der Waals surface area (Å²) in [6.45, 7) is 11.0. The Morgan fingerprint density at radius 2 is 1.73 bits per heavy atom. The van der Waals surface area contributed by atoms with E-state index in [9.17, 15) is 14.0 Å². The van der Waals surface area contributed by atoms with Crippen molar-refractivity contribution in [1.29, 1.82) is 0 Å². The second-order valence-corrected chi connectivity index (χ2v) is 8.25. The molecule has 0 fully saturated rings. The Labute approximate surface area is 177 Å². The fraction of sp³-hybridized carbons (Fsp3) is 0.417. The lowest BCUT2D eigenvalue weighted by atomic mass is 9.92. The average Bonchev–Trinajstić information content (AvgIpc) is 2.59. The van der Waals surface area contributed by atoms with Gasteiger partial charge in [0, 0.05) is 0 Å². The number of aryl methyl sites for hydroxylation is 2. The second-order valence-electron chi connectivity index (χ2n) is 8.25. The molecule has 0 unspecified atom stereocenters. The normalized spacial score (nSPS) is 12.2. The third kappa shape index (κ3) is 6.58. The molecule has 2 aromatic carbocycles. The number of nitrogens with one attached hydrogen (secondary N) is 1. The second kappa shape index (κ2) is 9.74. The molecule has 0 radical (unpaired) electrons. The van der Waals surface area contributed by atoms with E-state index in [-0.39, 0.29) is 18.8 Å². The van der Waals surface area contributed by atoms with Gasteiger partial charge in [0.1, 0.15) is 11.4 Å². The number of ether oxygens (including phenoxy) is 2. The summed E-state index contributed by atoms with van der Waals surface area (Å²) in [6, 6.07) is 9.86. The number of amides is 1. The number of esters is 1. The summed E-state index contributed by atoms with van der Waals surface area (Å²) in [7, 11) is 0. The Hall–Kier alpha value is -2.89. The van der Waals surface area contributed by atoms with E-state index in [4.69, 9.17) is 9.47 Å². The molecule has 0 spiro atoms. The van der Waals surface area contributed by atoms with Crippen LogP contribution in [0.5, 0.6) is 0 Å². The highest BCUT2D eigenvalue weighted by Crippen LogP contribution is 2.31. The Balaban J connectivity index is 2.40. The minimum atomic E-state index is -0.664. The lowest BCUT2D eigenvalue weighted by molar-refractivity contribution is -0.143. The maximum Gasteiger partial charge on any atom is 0.408 e. The van der Waals surface area contributed by atoms with E-state index < -0.39 is 23.7 Å². The van der Waals surface area contributed by atoms with Gasteiger partial charge in [0.15, 0.2) is 0 Å². The fourth-order valence-corrected chi connectivity index (χ4v) is 3.37. The van der Waals surface area contributed by atoms with E-state index in [2.05, 4.69) is 5.32 Å². The topological polar surface area (TPSA) is 64.6 Å². The van der Waals surface area contributed by atoms with Gasteiger partial charge in [-0.15, -0.1) is 0 Å². The van der Waals surface area contributed by atoms with Gasteiger partial charge in [-0.1, -0.05) is 18.2 Å². The lowest BCUT2D eigenvalue weighted by Crippen LogP contribution is -2.36. The molecule has 0 aromatic heterocycles. The van der Waals surface area contributed by atoms with Crippen LogP contribution in [0.4, 0.5) is 9.18 Å². The van der Waals surface area contributed by atoms with E-state index in [0.717, 1.165) is 27.8 Å². The standard InChI is InChI=1S/C24H30FNO4/c1-7-29-21(27)14-20(26-23(28)30-24(4,5)6)17-9-8-10-18(13-17)22-15(2)11-19(25)12-16(22)3/h8-13,20H,7,14H2,1-6H3,(H,26,28)/t20-/m0/s1. The average molecular weight is 416 g/mol. The van der Waals surface area contributed by atoms with Crippen molar-refractivity contribution in [3.63, 3.8) is 0 Å². The minimum absolute atomic E-state index is 0.0298. The van der Waals surface area contributed by atoms with Gasteiger partial charge in [-0.2, -0.15) is 0 Å². The van der Waals surface area contributed by atoms with Crippen LogP contribution < -0.4 is 5.32 Å². The van der Waals surface area contributed by atoms with Crippen molar-refractivity contribution in [2.45, 2.75) is 59.6 Å². The van der Waals surface area contributed by atoms with E-state index in [1.165, 1.54) is 12.1 Å². The summed E-state index contributed by atoms with van der Waals surface area (Å²) in [6.07, 6.45) is -0.644. The van der Waals surface area contributed by atoms with Crippen LogP contribution in [0.3, 0.4) is 0 Å². The zero-order chi connectivity index (χ0) is 22.5. The van der Waals surface area contributed by atoms with Crippen molar-refractivity contribution >= 4 is 12.1 Å². The van der Waals surface area contributed by atoms with Crippen LogP contribution in [0, 0.1) is 19.7 Å². The number of rotatable bonds is 6. The first-order valence-corrected chi connectivity index (χ1v) is 10.0. The summed E-state index contributed by atoms with van der Waals surface area (Å²) >= 11 is 0. The van der Waals surface area contributed by atoms with Gasteiger partial charge in [-0.3, -0.25) is 4.79 Å². The third-order valence-corrected chi connectivity index (χ3v) is 4.44. The highest BCUT2D eigenvalue weighted by atomic mass is 19.1. The molecule has 1 atom stereocenters. The number of alkyl carbamates (subject to hydrolysis) is 1. The molecule has 0 bridgehead atoms. The predicted molar refractivity (Wildman–Crippen MR) is 115 cm³/mol. The molecule has 162 valence electrons. The third-order valence-electron chi connectivity index (χ3n) is 4.44. The van der Waals surface area contributed by atoms with E-state index >= 15 is 0 Å². The van der Waals surface area contributed by atoms with Crippen molar-refractivity contribution < 1.29 is 23.5 Å². The van der Waals surface area contributed by atoms with Crippen LogP contribution in [-0.4, -0.2) is 24.3 Å². The van der Waals surface area contributed by atoms with Crippen LogP contribution in [0.15, 0.2) is 36.4 Å². The van der Waals surface area contributed by atoms with Gasteiger partial charge in [0.2, 0.25) is 0 Å². The molecule has 30 heavy (non-hydrogen) atoms. The number of hydrogen-bond donors (Lipinski definition) is 1. The molecule has 1 N–H and O–H groups in total. The lowest BCUT2D eigenvalue weighted by Gasteiger charge is -2.24. The van der Waals surface area contributed by atoms with E-state index in [1.54, 1.807) is 27.7 Å². The van der Waals surface area contributed by atoms with Crippen molar-refractivity contribution in [1.82, 2.24) is 5.32 Å². The first kappa shape index (κ1) is 23.4. The Morgan fingerprint density at radius 3 is 2.30 bits per heavy atom. The zero-order valence-corrected chi connectivity index (χ0v) is 18.5. The fourth-order valence-electron chi connectivity index (χ4n) is 3.37. The highest BCUT2D eigenvalue weighted by Gasteiger charge is 2.23. The minimum Gasteiger partial charge on any atom is -0.466 e. The Bertz CT molecular complexity index is 895. The molecule has 2 rings (SSSR count). The van der Waals surface area contributed by atoms with Crippen LogP contribution in [0.1, 0.15) is 56.8 Å². The number of halogens is 1. The molecule has 0 aliphatic heterocycles. The summed E-state index contributed by atoms with van der Waals surface area (Å²) in [5.41, 5.74) is 3.49. The molecule has 0 saturated heterocycles. The van der Waals surface area contributed by atoms with Crippen LogP contribution in [0.2, 0.25) is 0 Å². The molecule has 0 saturated carbocycles. The largest absolute Gasteiger partial charge is 0.466 e. The van der Waals surface area contributed by atoms with Crippen molar-refractivity contribution in [2.75, 3.05) is 6.61 Å². The van der Waals surface area contributed by atoms with Gasteiger partial charge in [-0.05, 0) is 87.6 Å². The van der Waals surface area contributed by atoms with Crippen molar-refractivity contribution in [2.24, 2.45) is 0 Å². The van der Waals surface area contributed by atoms with Crippen LogP contribution >= 0.6 is 0 Å². The smallest absolute Gasteiger partial charge is 0.408 e. The zero-order valence-electron chi connectivity index (χ0n) is 18.5. The quantitative estimate of drug-likeness (QED) is 0.621. The molecule has 1 amide bonds. The molecule has 0 heterocycles. The van der Waals surface area contributed by atoms with E-state index in [1.807, 2.05) is 38.1 Å². The van der Waals surface area contributed by atoms with Crippen LogP contribution in [0.25, 0.3) is 11.1 Å². The summed E-state index contributed by atoms with van der Waals surface area (Å²) < 4.78 is 24.1. The molecule has 0 aliphatic carbocycles. The summed E-state index contributed by atoms with van der Waals surface area (Å²) in [5.74, 6) is -0.699. The first-order valence-electron chi connectivity index (χ1n) is 10.0. The molecule has 2 aromatic rings. The molecule has 6 heteroatoms.